The molecule has 2 unspecified atom stereocenters. The summed E-state index contributed by atoms with van der Waals surface area (Å²) in [5.41, 5.74) is 0. The van der Waals surface area contributed by atoms with Crippen molar-refractivity contribution in [2.24, 2.45) is 5.92 Å². The van der Waals surface area contributed by atoms with Crippen molar-refractivity contribution in [3.63, 3.8) is 0 Å². The Morgan fingerprint density at radius 1 is 1.12 bits per heavy atom. The van der Waals surface area contributed by atoms with Gasteiger partial charge in [-0.1, -0.05) is 12.2 Å². The Kier molecular flexibility index (Phi) is 3.30. The molecule has 1 saturated heterocycles. The van der Waals surface area contributed by atoms with Crippen LogP contribution in [0.1, 0.15) is 38.5 Å². The average Bonchev–Trinajstić information content (AvgIpc) is 3.16. The molecule has 2 aliphatic carbocycles. The fourth-order valence-corrected chi connectivity index (χ4v) is 3.23. The second kappa shape index (κ2) is 4.89. The number of nitrogens with one attached hydrogen (secondary N) is 1. The summed E-state index contributed by atoms with van der Waals surface area (Å²) in [6.45, 7) is 3.86. The number of rotatable bonds is 2. The smallest absolute Gasteiger partial charge is 0.0223 e. The largest absolute Gasteiger partial charge is 0.312 e. The van der Waals surface area contributed by atoms with Gasteiger partial charge in [0.25, 0.3) is 0 Å². The van der Waals surface area contributed by atoms with E-state index in [4.69, 9.17) is 0 Å². The third-order valence-electron chi connectivity index (χ3n) is 4.41. The van der Waals surface area contributed by atoms with Crippen LogP contribution in [0.15, 0.2) is 12.2 Å². The van der Waals surface area contributed by atoms with Gasteiger partial charge in [-0.3, -0.25) is 4.90 Å². The third-order valence-corrected chi connectivity index (χ3v) is 4.41. The van der Waals surface area contributed by atoms with Gasteiger partial charge in [-0.2, -0.15) is 0 Å². The number of nitrogens with zero attached hydrogens (tertiary/aromatic N) is 1. The summed E-state index contributed by atoms with van der Waals surface area (Å²) in [5.74, 6) is 1.000. The molecule has 90 valence electrons. The van der Waals surface area contributed by atoms with Crippen LogP contribution in [-0.4, -0.2) is 36.6 Å². The molecule has 1 heterocycles. The van der Waals surface area contributed by atoms with E-state index in [2.05, 4.69) is 22.4 Å². The van der Waals surface area contributed by atoms with E-state index in [0.29, 0.717) is 0 Å². The normalized spacial score (nSPS) is 37.2. The van der Waals surface area contributed by atoms with E-state index < -0.39 is 0 Å². The van der Waals surface area contributed by atoms with Crippen molar-refractivity contribution in [2.75, 3.05) is 19.6 Å². The molecule has 0 aromatic heterocycles. The van der Waals surface area contributed by atoms with Gasteiger partial charge < -0.3 is 5.32 Å². The second-order valence-corrected chi connectivity index (χ2v) is 5.68. The summed E-state index contributed by atoms with van der Waals surface area (Å²) in [6.07, 6.45) is 13.0. The van der Waals surface area contributed by atoms with Crippen molar-refractivity contribution in [2.45, 2.75) is 50.6 Å². The molecule has 0 amide bonds. The Bertz CT molecular complexity index is 257. The molecule has 2 nitrogen and oxygen atoms in total. The van der Waals surface area contributed by atoms with Crippen molar-refractivity contribution in [3.05, 3.63) is 12.2 Å². The van der Waals surface area contributed by atoms with Crippen LogP contribution >= 0.6 is 0 Å². The predicted octanol–water partition coefficient (Wildman–Crippen LogP) is 2.17. The molecule has 0 spiro atoms. The molecule has 3 aliphatic rings. The van der Waals surface area contributed by atoms with Crippen LogP contribution in [0.3, 0.4) is 0 Å². The van der Waals surface area contributed by atoms with Crippen molar-refractivity contribution < 1.29 is 0 Å². The van der Waals surface area contributed by atoms with Crippen LogP contribution in [-0.2, 0) is 0 Å². The van der Waals surface area contributed by atoms with Crippen LogP contribution in [0.2, 0.25) is 0 Å². The van der Waals surface area contributed by atoms with Gasteiger partial charge in [-0.25, -0.2) is 0 Å². The van der Waals surface area contributed by atoms with E-state index in [-0.39, 0.29) is 0 Å². The highest BCUT2D eigenvalue weighted by atomic mass is 15.2. The van der Waals surface area contributed by atoms with E-state index in [9.17, 15) is 0 Å². The molecule has 0 bridgehead atoms. The second-order valence-electron chi connectivity index (χ2n) is 5.68. The molecular formula is C14H24N2. The maximum atomic E-state index is 3.75. The zero-order valence-electron chi connectivity index (χ0n) is 10.2. The Hall–Kier alpha value is -0.340. The molecule has 2 fully saturated rings. The molecular weight excluding hydrogens is 196 g/mol. The summed E-state index contributed by atoms with van der Waals surface area (Å²) >= 11 is 0. The van der Waals surface area contributed by atoms with Gasteiger partial charge >= 0.3 is 0 Å². The predicted molar refractivity (Wildman–Crippen MR) is 67.5 cm³/mol. The minimum absolute atomic E-state index is 0.799. The van der Waals surface area contributed by atoms with E-state index in [1.54, 1.807) is 0 Å². The molecule has 3 rings (SSSR count). The lowest BCUT2D eigenvalue weighted by molar-refractivity contribution is 0.176. The van der Waals surface area contributed by atoms with Crippen molar-refractivity contribution in [1.29, 1.82) is 0 Å². The Morgan fingerprint density at radius 3 is 2.81 bits per heavy atom. The lowest BCUT2D eigenvalue weighted by atomic mass is 9.99. The maximum Gasteiger partial charge on any atom is 0.0223 e. The molecule has 2 heteroatoms. The zero-order chi connectivity index (χ0) is 10.8. The Morgan fingerprint density at radius 2 is 2.06 bits per heavy atom. The first kappa shape index (κ1) is 10.8. The van der Waals surface area contributed by atoms with Crippen LogP contribution in [0.25, 0.3) is 0 Å². The van der Waals surface area contributed by atoms with Gasteiger partial charge in [0, 0.05) is 18.6 Å². The fourth-order valence-electron chi connectivity index (χ4n) is 3.23. The summed E-state index contributed by atoms with van der Waals surface area (Å²) in [6, 6.07) is 1.64. The van der Waals surface area contributed by atoms with Crippen molar-refractivity contribution >= 4 is 0 Å². The lowest BCUT2D eigenvalue weighted by Crippen LogP contribution is -2.44. The molecule has 0 aromatic rings. The molecule has 1 saturated carbocycles. The average molecular weight is 220 g/mol. The maximum absolute atomic E-state index is 3.75. The molecule has 1 aliphatic heterocycles. The highest BCUT2D eigenvalue weighted by Crippen LogP contribution is 2.34. The van der Waals surface area contributed by atoms with E-state index in [1.165, 1.54) is 58.2 Å². The summed E-state index contributed by atoms with van der Waals surface area (Å²) in [5, 5.41) is 3.75. The fraction of sp³-hybridized carbons (Fsp3) is 0.857. The van der Waals surface area contributed by atoms with Crippen LogP contribution in [0.4, 0.5) is 0 Å². The van der Waals surface area contributed by atoms with Gasteiger partial charge in [-0.05, 0) is 57.5 Å². The summed E-state index contributed by atoms with van der Waals surface area (Å²) in [7, 11) is 0. The van der Waals surface area contributed by atoms with Crippen LogP contribution in [0.5, 0.6) is 0 Å². The first-order valence-corrected chi connectivity index (χ1v) is 7.06. The first-order chi connectivity index (χ1) is 7.93. The minimum atomic E-state index is 0.799. The molecule has 2 atom stereocenters. The monoisotopic (exact) mass is 220 g/mol. The minimum Gasteiger partial charge on any atom is -0.312 e. The standard InChI is InChI=1S/C14H24N2/c1-2-5-13(6-3-1)16-10-4-9-15-14(11-16)12-7-8-12/h1-2,12-15H,3-11H2. The zero-order valence-corrected chi connectivity index (χ0v) is 10.2. The van der Waals surface area contributed by atoms with Gasteiger partial charge in [0.05, 0.1) is 0 Å². The summed E-state index contributed by atoms with van der Waals surface area (Å²) in [4.78, 5) is 2.77. The van der Waals surface area contributed by atoms with Gasteiger partial charge in [0.15, 0.2) is 0 Å². The quantitative estimate of drug-likeness (QED) is 0.718. The molecule has 16 heavy (non-hydrogen) atoms. The van der Waals surface area contributed by atoms with Gasteiger partial charge in [-0.15, -0.1) is 0 Å². The van der Waals surface area contributed by atoms with Gasteiger partial charge in [0.1, 0.15) is 0 Å². The van der Waals surface area contributed by atoms with E-state index in [1.807, 2.05) is 0 Å². The van der Waals surface area contributed by atoms with E-state index in [0.717, 1.165) is 18.0 Å². The molecule has 1 N–H and O–H groups in total. The number of hydrogen-bond donors (Lipinski definition) is 1. The number of allylic oxidation sites excluding steroid dienone is 1. The Balaban J connectivity index is 1.61. The molecule has 0 aromatic carbocycles. The Labute approximate surface area is 99.1 Å². The lowest BCUT2D eigenvalue weighted by Gasteiger charge is -2.33. The SMILES string of the molecule is C1=CCC(N2CCCNC(C3CC3)C2)CC1. The van der Waals surface area contributed by atoms with Gasteiger partial charge in [0.2, 0.25) is 0 Å². The third kappa shape index (κ3) is 2.49. The highest BCUT2D eigenvalue weighted by molar-refractivity contribution is 4.97. The highest BCUT2D eigenvalue weighted by Gasteiger charge is 2.34. The first-order valence-electron chi connectivity index (χ1n) is 7.06. The van der Waals surface area contributed by atoms with Crippen LogP contribution < -0.4 is 5.32 Å². The number of hydrogen-bond acceptors (Lipinski definition) is 2. The summed E-state index contributed by atoms with van der Waals surface area (Å²) < 4.78 is 0. The van der Waals surface area contributed by atoms with E-state index >= 15 is 0 Å². The van der Waals surface area contributed by atoms with Crippen molar-refractivity contribution in [3.8, 4) is 0 Å². The van der Waals surface area contributed by atoms with Crippen molar-refractivity contribution in [1.82, 2.24) is 10.2 Å². The van der Waals surface area contributed by atoms with Crippen LogP contribution in [0, 0.1) is 5.92 Å². The topological polar surface area (TPSA) is 15.3 Å². The molecule has 0 radical (unpaired) electrons.